The van der Waals surface area contributed by atoms with E-state index in [4.69, 9.17) is 11.5 Å². The first-order valence-corrected chi connectivity index (χ1v) is 9.81. The SMILES string of the molecule is CC(C)C[C@H](CC(=O)O)[C@@H](CC(C)C)C(=O)C[C@H](C=O)CCCN=C(N)N. The Morgan fingerprint density at radius 1 is 1.04 bits per heavy atom. The zero-order valence-corrected chi connectivity index (χ0v) is 17.2. The minimum absolute atomic E-state index is 0.00506. The fourth-order valence-electron chi connectivity index (χ4n) is 3.50. The van der Waals surface area contributed by atoms with Gasteiger partial charge in [0.2, 0.25) is 0 Å². The molecule has 0 aliphatic carbocycles. The summed E-state index contributed by atoms with van der Waals surface area (Å²) in [6.45, 7) is 8.54. The standard InChI is InChI=1S/C20H37N3O4/c1-13(2)8-16(11-19(26)27)17(9-14(3)4)18(25)10-15(12-24)6-5-7-23-20(21)22/h12-17H,5-11H2,1-4H3,(H,26,27)(H4,21,22,23)/t15-,16-,17-/m1/s1. The first-order chi connectivity index (χ1) is 12.6. The molecule has 7 heteroatoms. The Kier molecular flexibility index (Phi) is 12.3. The molecular formula is C20H37N3O4. The predicted octanol–water partition coefficient (Wildman–Crippen LogP) is 2.61. The molecule has 0 radical (unpaired) electrons. The summed E-state index contributed by atoms with van der Waals surface area (Å²) in [7, 11) is 0. The van der Waals surface area contributed by atoms with Crippen LogP contribution in [0.4, 0.5) is 0 Å². The zero-order chi connectivity index (χ0) is 21.0. The summed E-state index contributed by atoms with van der Waals surface area (Å²) in [5.41, 5.74) is 10.6. The number of aliphatic imine (C=N–C) groups is 1. The molecule has 0 saturated carbocycles. The molecule has 0 aliphatic rings. The number of aliphatic carboxylic acids is 1. The number of carboxylic acid groups (broad SMARTS) is 1. The number of rotatable bonds is 15. The van der Waals surface area contributed by atoms with E-state index in [1.54, 1.807) is 0 Å². The van der Waals surface area contributed by atoms with Crippen LogP contribution >= 0.6 is 0 Å². The minimum atomic E-state index is -0.883. The van der Waals surface area contributed by atoms with Gasteiger partial charge in [-0.05, 0) is 43.4 Å². The van der Waals surface area contributed by atoms with Gasteiger partial charge in [0.15, 0.2) is 5.96 Å². The number of carboxylic acids is 1. The number of ketones is 1. The third kappa shape index (κ3) is 12.2. The van der Waals surface area contributed by atoms with Crippen LogP contribution in [0.5, 0.6) is 0 Å². The summed E-state index contributed by atoms with van der Waals surface area (Å²) in [5.74, 6) is -1.21. The van der Waals surface area contributed by atoms with Gasteiger partial charge in [0.1, 0.15) is 12.1 Å². The Morgan fingerprint density at radius 3 is 2.07 bits per heavy atom. The number of nitrogens with zero attached hydrogens (tertiary/aromatic N) is 1. The van der Waals surface area contributed by atoms with Crippen LogP contribution in [0.25, 0.3) is 0 Å². The highest BCUT2D eigenvalue weighted by atomic mass is 16.4. The van der Waals surface area contributed by atoms with E-state index in [1.165, 1.54) is 0 Å². The normalized spacial score (nSPS) is 14.6. The maximum Gasteiger partial charge on any atom is 0.303 e. The Labute approximate surface area is 163 Å². The van der Waals surface area contributed by atoms with E-state index >= 15 is 0 Å². The molecule has 7 nitrogen and oxygen atoms in total. The quantitative estimate of drug-likeness (QED) is 0.172. The van der Waals surface area contributed by atoms with Crippen LogP contribution in [-0.2, 0) is 14.4 Å². The van der Waals surface area contributed by atoms with E-state index in [1.807, 2.05) is 27.7 Å². The minimum Gasteiger partial charge on any atom is -0.481 e. The number of guanidine groups is 1. The summed E-state index contributed by atoms with van der Waals surface area (Å²) in [6, 6.07) is 0. The smallest absolute Gasteiger partial charge is 0.303 e. The third-order valence-corrected chi connectivity index (χ3v) is 4.60. The molecule has 0 bridgehead atoms. The highest BCUT2D eigenvalue weighted by molar-refractivity contribution is 5.84. The van der Waals surface area contributed by atoms with Crippen molar-refractivity contribution >= 4 is 24.0 Å². The van der Waals surface area contributed by atoms with E-state index in [0.29, 0.717) is 38.1 Å². The Morgan fingerprint density at radius 2 is 1.63 bits per heavy atom. The van der Waals surface area contributed by atoms with Gasteiger partial charge in [-0.3, -0.25) is 14.6 Å². The Balaban J connectivity index is 5.11. The van der Waals surface area contributed by atoms with E-state index in [0.717, 1.165) is 6.29 Å². The highest BCUT2D eigenvalue weighted by Gasteiger charge is 2.32. The molecule has 5 N–H and O–H groups in total. The molecular weight excluding hydrogens is 346 g/mol. The molecule has 0 aromatic carbocycles. The van der Waals surface area contributed by atoms with Crippen molar-refractivity contribution in [2.24, 2.45) is 46.0 Å². The van der Waals surface area contributed by atoms with Crippen LogP contribution < -0.4 is 11.5 Å². The Bertz CT molecular complexity index is 499. The molecule has 0 spiro atoms. The summed E-state index contributed by atoms with van der Waals surface area (Å²) in [6.07, 6.45) is 3.43. The van der Waals surface area contributed by atoms with Crippen molar-refractivity contribution in [3.05, 3.63) is 0 Å². The molecule has 0 unspecified atom stereocenters. The monoisotopic (exact) mass is 383 g/mol. The van der Waals surface area contributed by atoms with Gasteiger partial charge in [0.25, 0.3) is 0 Å². The van der Waals surface area contributed by atoms with Gasteiger partial charge in [0, 0.05) is 31.2 Å². The van der Waals surface area contributed by atoms with Gasteiger partial charge in [-0.1, -0.05) is 27.7 Å². The average Bonchev–Trinajstić information content (AvgIpc) is 2.53. The summed E-state index contributed by atoms with van der Waals surface area (Å²) in [4.78, 5) is 39.6. The van der Waals surface area contributed by atoms with Gasteiger partial charge < -0.3 is 21.4 Å². The average molecular weight is 384 g/mol. The number of Topliss-reactive ketones (excluding diaryl/α,β-unsaturated/α-hetero) is 1. The van der Waals surface area contributed by atoms with Crippen LogP contribution in [0.15, 0.2) is 4.99 Å². The van der Waals surface area contributed by atoms with E-state index in [2.05, 4.69) is 4.99 Å². The molecule has 27 heavy (non-hydrogen) atoms. The van der Waals surface area contributed by atoms with E-state index in [9.17, 15) is 19.5 Å². The molecule has 0 aromatic rings. The predicted molar refractivity (Wildman–Crippen MR) is 107 cm³/mol. The second kappa shape index (κ2) is 13.3. The van der Waals surface area contributed by atoms with Crippen LogP contribution in [0, 0.1) is 29.6 Å². The number of hydrogen-bond acceptors (Lipinski definition) is 4. The van der Waals surface area contributed by atoms with Crippen molar-refractivity contribution in [2.75, 3.05) is 6.54 Å². The number of nitrogens with two attached hydrogens (primary N) is 2. The van der Waals surface area contributed by atoms with Crippen molar-refractivity contribution in [3.63, 3.8) is 0 Å². The van der Waals surface area contributed by atoms with E-state index < -0.39 is 5.97 Å². The maximum atomic E-state index is 13.0. The van der Waals surface area contributed by atoms with Gasteiger partial charge in [0.05, 0.1) is 0 Å². The van der Waals surface area contributed by atoms with Crippen molar-refractivity contribution in [1.29, 1.82) is 0 Å². The molecule has 0 saturated heterocycles. The second-order valence-electron chi connectivity index (χ2n) is 8.24. The topological polar surface area (TPSA) is 136 Å². The fourth-order valence-corrected chi connectivity index (χ4v) is 3.50. The summed E-state index contributed by atoms with van der Waals surface area (Å²) >= 11 is 0. The summed E-state index contributed by atoms with van der Waals surface area (Å²) < 4.78 is 0. The van der Waals surface area contributed by atoms with Crippen molar-refractivity contribution in [2.45, 2.75) is 66.2 Å². The van der Waals surface area contributed by atoms with Crippen molar-refractivity contribution in [3.8, 4) is 0 Å². The Hall–Kier alpha value is -1.92. The first kappa shape index (κ1) is 25.1. The lowest BCUT2D eigenvalue weighted by molar-refractivity contribution is -0.139. The van der Waals surface area contributed by atoms with E-state index in [-0.39, 0.29) is 48.3 Å². The second-order valence-corrected chi connectivity index (χ2v) is 8.24. The summed E-state index contributed by atoms with van der Waals surface area (Å²) in [5, 5.41) is 9.28. The number of carbonyl (C=O) groups excluding carboxylic acids is 2. The molecule has 156 valence electrons. The molecule has 0 aromatic heterocycles. The molecule has 0 rings (SSSR count). The molecule has 0 amide bonds. The first-order valence-electron chi connectivity index (χ1n) is 9.81. The van der Waals surface area contributed by atoms with Gasteiger partial charge in [-0.25, -0.2) is 0 Å². The molecule has 0 fully saturated rings. The molecule has 3 atom stereocenters. The van der Waals surface area contributed by atoms with Gasteiger partial charge in [-0.2, -0.15) is 0 Å². The third-order valence-electron chi connectivity index (χ3n) is 4.60. The number of hydrogen-bond donors (Lipinski definition) is 3. The lowest BCUT2D eigenvalue weighted by Gasteiger charge is -2.28. The van der Waals surface area contributed by atoms with Crippen molar-refractivity contribution < 1.29 is 19.5 Å². The van der Waals surface area contributed by atoms with Crippen molar-refractivity contribution in [1.82, 2.24) is 0 Å². The van der Waals surface area contributed by atoms with Crippen LogP contribution in [-0.4, -0.2) is 35.6 Å². The van der Waals surface area contributed by atoms with Crippen LogP contribution in [0.3, 0.4) is 0 Å². The lowest BCUT2D eigenvalue weighted by atomic mass is 9.75. The number of carbonyl (C=O) groups is 3. The van der Waals surface area contributed by atoms with Crippen LogP contribution in [0.2, 0.25) is 0 Å². The van der Waals surface area contributed by atoms with Gasteiger partial charge >= 0.3 is 5.97 Å². The van der Waals surface area contributed by atoms with Crippen LogP contribution in [0.1, 0.15) is 66.2 Å². The number of aldehydes is 1. The highest BCUT2D eigenvalue weighted by Crippen LogP contribution is 2.32. The maximum absolute atomic E-state index is 13.0. The fraction of sp³-hybridized carbons (Fsp3) is 0.800. The lowest BCUT2D eigenvalue weighted by Crippen LogP contribution is -2.30. The molecule has 0 heterocycles. The van der Waals surface area contributed by atoms with Gasteiger partial charge in [-0.15, -0.1) is 0 Å². The largest absolute Gasteiger partial charge is 0.481 e. The molecule has 0 aliphatic heterocycles. The zero-order valence-electron chi connectivity index (χ0n) is 17.2.